The van der Waals surface area contributed by atoms with Crippen molar-refractivity contribution in [3.05, 3.63) is 29.6 Å². The summed E-state index contributed by atoms with van der Waals surface area (Å²) in [5.41, 5.74) is 0.734. The molecule has 0 atom stereocenters. The fraction of sp³-hybridized carbons (Fsp3) is 0.600. The first kappa shape index (κ1) is 16.4. The van der Waals surface area contributed by atoms with Crippen LogP contribution in [0.2, 0.25) is 0 Å². The first-order valence-electron chi connectivity index (χ1n) is 7.42. The number of nitrogens with one attached hydrogen (secondary N) is 1. The second-order valence-electron chi connectivity index (χ2n) is 5.60. The topological polar surface area (TPSA) is 49.4 Å². The van der Waals surface area contributed by atoms with Gasteiger partial charge in [0.25, 0.3) is 0 Å². The molecule has 0 aliphatic heterocycles. The summed E-state index contributed by atoms with van der Waals surface area (Å²) in [7, 11) is -1.98. The first-order valence-corrected chi connectivity index (χ1v) is 8.86. The molecule has 4 nitrogen and oxygen atoms in total. The van der Waals surface area contributed by atoms with Crippen LogP contribution in [0.1, 0.15) is 31.7 Å². The van der Waals surface area contributed by atoms with E-state index in [2.05, 4.69) is 5.32 Å². The van der Waals surface area contributed by atoms with Gasteiger partial charge in [0, 0.05) is 19.6 Å². The van der Waals surface area contributed by atoms with Gasteiger partial charge in [-0.05, 0) is 49.9 Å². The Morgan fingerprint density at radius 1 is 1.38 bits per heavy atom. The SMILES string of the molecule is CCCN(CC1CC1)S(=O)(=O)c1ccc(CNC)cc1F. The molecule has 0 aromatic heterocycles. The molecule has 1 aromatic rings. The lowest BCUT2D eigenvalue weighted by Crippen LogP contribution is -2.34. The number of halogens is 1. The molecule has 21 heavy (non-hydrogen) atoms. The maximum Gasteiger partial charge on any atom is 0.245 e. The van der Waals surface area contributed by atoms with Crippen LogP contribution in [0.5, 0.6) is 0 Å². The average molecular weight is 314 g/mol. The Labute approximate surface area is 126 Å². The standard InChI is InChI=1S/C15H23FN2O2S/c1-3-8-18(11-12-4-5-12)21(19,20)15-7-6-13(10-17-2)9-14(15)16/h6-7,9,12,17H,3-5,8,10-11H2,1-2H3. The molecule has 0 bridgehead atoms. The van der Waals surface area contributed by atoms with Crippen LogP contribution in [0, 0.1) is 11.7 Å². The van der Waals surface area contributed by atoms with Gasteiger partial charge in [0.1, 0.15) is 10.7 Å². The van der Waals surface area contributed by atoms with E-state index in [0.717, 1.165) is 24.8 Å². The zero-order chi connectivity index (χ0) is 15.5. The third-order valence-corrected chi connectivity index (χ3v) is 5.53. The van der Waals surface area contributed by atoms with E-state index in [9.17, 15) is 12.8 Å². The molecule has 0 heterocycles. The van der Waals surface area contributed by atoms with E-state index < -0.39 is 15.8 Å². The van der Waals surface area contributed by atoms with Gasteiger partial charge in [0.2, 0.25) is 10.0 Å². The van der Waals surface area contributed by atoms with Crippen molar-refractivity contribution >= 4 is 10.0 Å². The monoisotopic (exact) mass is 314 g/mol. The Morgan fingerprint density at radius 3 is 2.62 bits per heavy atom. The molecule has 6 heteroatoms. The molecule has 1 fully saturated rings. The molecule has 0 radical (unpaired) electrons. The molecule has 0 spiro atoms. The van der Waals surface area contributed by atoms with Crippen LogP contribution in [0.3, 0.4) is 0 Å². The van der Waals surface area contributed by atoms with Crippen LogP contribution in [-0.2, 0) is 16.6 Å². The average Bonchev–Trinajstić information content (AvgIpc) is 3.22. The van der Waals surface area contributed by atoms with E-state index in [1.54, 1.807) is 13.1 Å². The zero-order valence-electron chi connectivity index (χ0n) is 12.6. The first-order chi connectivity index (χ1) is 9.98. The smallest absolute Gasteiger partial charge is 0.245 e. The van der Waals surface area contributed by atoms with Crippen LogP contribution < -0.4 is 5.32 Å². The number of hydrogen-bond donors (Lipinski definition) is 1. The Kier molecular flexibility index (Phi) is 5.35. The summed E-state index contributed by atoms with van der Waals surface area (Å²) in [6.07, 6.45) is 2.87. The van der Waals surface area contributed by atoms with Gasteiger partial charge >= 0.3 is 0 Å². The summed E-state index contributed by atoms with van der Waals surface area (Å²) in [5.74, 6) is -0.224. The van der Waals surface area contributed by atoms with Crippen LogP contribution in [0.4, 0.5) is 4.39 Å². The van der Waals surface area contributed by atoms with Crippen LogP contribution >= 0.6 is 0 Å². The van der Waals surface area contributed by atoms with Crippen LogP contribution in [0.25, 0.3) is 0 Å². The Morgan fingerprint density at radius 2 is 2.10 bits per heavy atom. The lowest BCUT2D eigenvalue weighted by Gasteiger charge is -2.22. The molecule has 1 aromatic carbocycles. The van der Waals surface area contributed by atoms with Crippen LogP contribution in [-0.4, -0.2) is 32.9 Å². The molecule has 0 amide bonds. The van der Waals surface area contributed by atoms with Crippen molar-refractivity contribution in [1.29, 1.82) is 0 Å². The number of benzene rings is 1. The fourth-order valence-electron chi connectivity index (χ4n) is 2.35. The van der Waals surface area contributed by atoms with Crippen molar-refractivity contribution in [2.24, 2.45) is 5.92 Å². The second-order valence-corrected chi connectivity index (χ2v) is 7.51. The second kappa shape index (κ2) is 6.85. The highest BCUT2D eigenvalue weighted by Crippen LogP contribution is 2.32. The molecule has 2 rings (SSSR count). The number of nitrogens with zero attached hydrogens (tertiary/aromatic N) is 1. The van der Waals surface area contributed by atoms with Gasteiger partial charge in [-0.2, -0.15) is 4.31 Å². The largest absolute Gasteiger partial charge is 0.316 e. The Bertz CT molecular complexity index is 585. The molecule has 0 saturated heterocycles. The minimum absolute atomic E-state index is 0.212. The lowest BCUT2D eigenvalue weighted by atomic mass is 10.2. The van der Waals surface area contributed by atoms with E-state index in [0.29, 0.717) is 25.6 Å². The van der Waals surface area contributed by atoms with Crippen LogP contribution in [0.15, 0.2) is 23.1 Å². The van der Waals surface area contributed by atoms with Crippen molar-refractivity contribution in [2.45, 2.75) is 37.6 Å². The molecule has 1 aliphatic carbocycles. The molecule has 118 valence electrons. The number of rotatable bonds is 8. The summed E-state index contributed by atoms with van der Waals surface area (Å²) in [5, 5.41) is 2.92. The fourth-order valence-corrected chi connectivity index (χ4v) is 4.01. The van der Waals surface area contributed by atoms with Crippen molar-refractivity contribution in [3.63, 3.8) is 0 Å². The van der Waals surface area contributed by atoms with Gasteiger partial charge in [-0.3, -0.25) is 0 Å². The van der Waals surface area contributed by atoms with Crippen molar-refractivity contribution < 1.29 is 12.8 Å². The van der Waals surface area contributed by atoms with Crippen molar-refractivity contribution in [2.75, 3.05) is 20.1 Å². The zero-order valence-corrected chi connectivity index (χ0v) is 13.4. The molecule has 1 saturated carbocycles. The van der Waals surface area contributed by atoms with Gasteiger partial charge < -0.3 is 5.32 Å². The van der Waals surface area contributed by atoms with E-state index in [1.165, 1.54) is 16.4 Å². The minimum atomic E-state index is -3.74. The van der Waals surface area contributed by atoms with Crippen molar-refractivity contribution in [3.8, 4) is 0 Å². The predicted octanol–water partition coefficient (Wildman–Crippen LogP) is 2.36. The summed E-state index contributed by atoms with van der Waals surface area (Å²) < 4.78 is 40.9. The van der Waals surface area contributed by atoms with E-state index in [-0.39, 0.29) is 4.90 Å². The summed E-state index contributed by atoms with van der Waals surface area (Å²) in [6.45, 7) is 3.39. The summed E-state index contributed by atoms with van der Waals surface area (Å²) in [4.78, 5) is -0.212. The number of hydrogen-bond acceptors (Lipinski definition) is 3. The predicted molar refractivity (Wildman–Crippen MR) is 80.9 cm³/mol. The van der Waals surface area contributed by atoms with Gasteiger partial charge in [-0.25, -0.2) is 12.8 Å². The van der Waals surface area contributed by atoms with Gasteiger partial charge in [-0.15, -0.1) is 0 Å². The summed E-state index contributed by atoms with van der Waals surface area (Å²) >= 11 is 0. The maximum atomic E-state index is 14.2. The summed E-state index contributed by atoms with van der Waals surface area (Å²) in [6, 6.07) is 4.34. The molecule has 0 unspecified atom stereocenters. The molecular formula is C15H23FN2O2S. The lowest BCUT2D eigenvalue weighted by molar-refractivity contribution is 0.392. The Balaban J connectivity index is 2.27. The van der Waals surface area contributed by atoms with Gasteiger partial charge in [0.15, 0.2) is 0 Å². The van der Waals surface area contributed by atoms with E-state index in [1.807, 2.05) is 6.92 Å². The number of sulfonamides is 1. The third-order valence-electron chi connectivity index (χ3n) is 3.63. The Hall–Kier alpha value is -0.980. The van der Waals surface area contributed by atoms with E-state index in [4.69, 9.17) is 0 Å². The van der Waals surface area contributed by atoms with Crippen molar-refractivity contribution in [1.82, 2.24) is 9.62 Å². The molecule has 1 aliphatic rings. The minimum Gasteiger partial charge on any atom is -0.316 e. The third kappa shape index (κ3) is 4.02. The quantitative estimate of drug-likeness (QED) is 0.801. The van der Waals surface area contributed by atoms with Gasteiger partial charge in [0.05, 0.1) is 0 Å². The maximum absolute atomic E-state index is 14.2. The normalized spacial score (nSPS) is 15.6. The van der Waals surface area contributed by atoms with Gasteiger partial charge in [-0.1, -0.05) is 13.0 Å². The molecule has 1 N–H and O–H groups in total. The highest BCUT2D eigenvalue weighted by molar-refractivity contribution is 7.89. The highest BCUT2D eigenvalue weighted by atomic mass is 32.2. The van der Waals surface area contributed by atoms with E-state index >= 15 is 0 Å². The highest BCUT2D eigenvalue weighted by Gasteiger charge is 2.32. The molecular weight excluding hydrogens is 291 g/mol.